The van der Waals surface area contributed by atoms with Gasteiger partial charge in [-0.3, -0.25) is 19.2 Å². The molecule has 15 heteroatoms. The van der Waals surface area contributed by atoms with E-state index in [0.29, 0.717) is 22.9 Å². The van der Waals surface area contributed by atoms with Gasteiger partial charge < -0.3 is 31.5 Å². The second kappa shape index (κ2) is 14.6. The summed E-state index contributed by atoms with van der Waals surface area (Å²) in [5.74, 6) is -5.15. The van der Waals surface area contributed by atoms with E-state index >= 15 is 0 Å². The van der Waals surface area contributed by atoms with Gasteiger partial charge in [0.2, 0.25) is 17.7 Å². The van der Waals surface area contributed by atoms with Gasteiger partial charge in [-0.15, -0.1) is 0 Å². The molecule has 7 amide bonds. The number of carbonyl (C=O) groups excluding carboxylic acids is 6. The third-order valence-corrected chi connectivity index (χ3v) is 5.64. The van der Waals surface area contributed by atoms with Gasteiger partial charge in [-0.25, -0.2) is 19.4 Å². The maximum Gasteiger partial charge on any atom is 0.406 e. The number of hydrazine groups is 1. The lowest BCUT2D eigenvalue weighted by Crippen LogP contribution is -2.61. The van der Waals surface area contributed by atoms with Crippen LogP contribution in [0.3, 0.4) is 0 Å². The Bertz CT molecular complexity index is 894. The fourth-order valence-corrected chi connectivity index (χ4v) is 3.65. The maximum atomic E-state index is 13.2. The molecule has 0 aromatic carbocycles. The van der Waals surface area contributed by atoms with Crippen LogP contribution in [0.15, 0.2) is 0 Å². The number of nitrogens with one attached hydrogen (secondary N) is 3. The number of carbonyl (C=O) groups is 7. The lowest BCUT2D eigenvalue weighted by molar-refractivity contribution is -0.164. The van der Waals surface area contributed by atoms with Gasteiger partial charge in [-0.2, -0.15) is 5.01 Å². The highest BCUT2D eigenvalue weighted by Crippen LogP contribution is 2.21. The van der Waals surface area contributed by atoms with Crippen LogP contribution in [0.1, 0.15) is 59.3 Å². The standard InChI is InChI=1S/C22H36N6O9/c1-5-16(30)27(14(9-10-15(23)29)18(31)26-17(12(2)3)20(33)34)28-19(32)13(25-21(28)35)8-6-7-11-24-22(36)37-4/h12-14,17H,5-11H2,1-4H3,(H2,23,29)(H,24,36)(H,25,35)(H,26,31)(H,33,34)/t13-,14-,17-/m0/s1. The van der Waals surface area contributed by atoms with E-state index < -0.39 is 65.8 Å². The highest BCUT2D eigenvalue weighted by Gasteiger charge is 2.47. The molecule has 1 aliphatic heterocycles. The number of rotatable bonds is 15. The van der Waals surface area contributed by atoms with E-state index in [-0.39, 0.29) is 32.2 Å². The lowest BCUT2D eigenvalue weighted by atomic mass is 10.0. The number of nitrogens with two attached hydrogens (primary N) is 1. The fourth-order valence-electron chi connectivity index (χ4n) is 3.65. The summed E-state index contributed by atoms with van der Waals surface area (Å²) in [5.41, 5.74) is 5.22. The van der Waals surface area contributed by atoms with Gasteiger partial charge in [0.05, 0.1) is 7.11 Å². The summed E-state index contributed by atoms with van der Waals surface area (Å²) in [6.45, 7) is 4.86. The molecule has 0 spiro atoms. The molecule has 1 aliphatic rings. The number of carboxylic acid groups (broad SMARTS) is 1. The van der Waals surface area contributed by atoms with Crippen molar-refractivity contribution in [2.75, 3.05) is 13.7 Å². The van der Waals surface area contributed by atoms with E-state index in [1.807, 2.05) is 0 Å². The first-order valence-electron chi connectivity index (χ1n) is 11.9. The Morgan fingerprint density at radius 1 is 1.19 bits per heavy atom. The molecule has 0 aromatic rings. The normalized spacial score (nSPS) is 16.6. The smallest absolute Gasteiger partial charge is 0.406 e. The Hall–Kier alpha value is -3.91. The highest BCUT2D eigenvalue weighted by atomic mass is 16.5. The van der Waals surface area contributed by atoms with Gasteiger partial charge in [0.15, 0.2) is 0 Å². The van der Waals surface area contributed by atoms with Crippen LogP contribution in [0.2, 0.25) is 0 Å². The number of amides is 7. The Labute approximate surface area is 214 Å². The van der Waals surface area contributed by atoms with Crippen LogP contribution < -0.4 is 21.7 Å². The first-order valence-corrected chi connectivity index (χ1v) is 11.9. The summed E-state index contributed by atoms with van der Waals surface area (Å²) in [6.07, 6.45) is -0.437. The molecule has 0 radical (unpaired) electrons. The van der Waals surface area contributed by atoms with Crippen molar-refractivity contribution >= 4 is 41.7 Å². The zero-order chi connectivity index (χ0) is 28.3. The summed E-state index contributed by atoms with van der Waals surface area (Å²) >= 11 is 0. The van der Waals surface area contributed by atoms with Crippen LogP contribution in [0.25, 0.3) is 0 Å². The SMILES string of the molecule is CCC(=O)N([C@@H](CCC(N)=O)C(=O)N[C@H](C(=O)O)C(C)C)N1C(=O)N[C@@H](CCCCNC(=O)OC)C1=O. The molecule has 0 saturated carbocycles. The number of ether oxygens (including phenoxy) is 1. The fraction of sp³-hybridized carbons (Fsp3) is 0.682. The predicted octanol–water partition coefficient (Wildman–Crippen LogP) is -0.554. The lowest BCUT2D eigenvalue weighted by Gasteiger charge is -2.36. The molecule has 208 valence electrons. The molecular weight excluding hydrogens is 492 g/mol. The van der Waals surface area contributed by atoms with E-state index in [9.17, 15) is 38.7 Å². The van der Waals surface area contributed by atoms with Crippen LogP contribution in [0, 0.1) is 5.92 Å². The van der Waals surface area contributed by atoms with E-state index in [0.717, 1.165) is 0 Å². The van der Waals surface area contributed by atoms with Crippen molar-refractivity contribution in [2.24, 2.45) is 11.7 Å². The van der Waals surface area contributed by atoms with E-state index in [1.54, 1.807) is 13.8 Å². The van der Waals surface area contributed by atoms with E-state index in [4.69, 9.17) is 5.73 Å². The van der Waals surface area contributed by atoms with Crippen molar-refractivity contribution in [1.82, 2.24) is 26.0 Å². The van der Waals surface area contributed by atoms with Gasteiger partial charge in [-0.1, -0.05) is 20.8 Å². The van der Waals surface area contributed by atoms with Gasteiger partial charge in [0.1, 0.15) is 18.1 Å². The van der Waals surface area contributed by atoms with Crippen LogP contribution in [-0.2, 0) is 28.7 Å². The second-order valence-corrected chi connectivity index (χ2v) is 8.75. The first-order chi connectivity index (χ1) is 17.3. The summed E-state index contributed by atoms with van der Waals surface area (Å²) in [5, 5.41) is 17.9. The van der Waals surface area contributed by atoms with Crippen LogP contribution in [0.5, 0.6) is 0 Å². The average Bonchev–Trinajstić information content (AvgIpc) is 3.10. The zero-order valence-corrected chi connectivity index (χ0v) is 21.4. The monoisotopic (exact) mass is 528 g/mol. The van der Waals surface area contributed by atoms with Crippen LogP contribution >= 0.6 is 0 Å². The summed E-state index contributed by atoms with van der Waals surface area (Å²) in [6, 6.07) is -4.82. The number of hydrogen-bond acceptors (Lipinski definition) is 8. The number of hydrogen-bond donors (Lipinski definition) is 5. The molecular formula is C22H36N6O9. The van der Waals surface area contributed by atoms with Crippen molar-refractivity contribution in [2.45, 2.75) is 77.4 Å². The number of primary amides is 1. The molecule has 0 bridgehead atoms. The molecule has 6 N–H and O–H groups in total. The topological polar surface area (TPSA) is 218 Å². The molecule has 3 atom stereocenters. The Balaban J connectivity index is 3.16. The number of imide groups is 1. The largest absolute Gasteiger partial charge is 0.480 e. The molecule has 0 aromatic heterocycles. The number of alkyl carbamates (subject to hydrolysis) is 1. The third kappa shape index (κ3) is 8.91. The number of aliphatic carboxylic acids is 1. The molecule has 1 heterocycles. The minimum atomic E-state index is -1.56. The molecule has 1 saturated heterocycles. The third-order valence-electron chi connectivity index (χ3n) is 5.64. The summed E-state index contributed by atoms with van der Waals surface area (Å²) in [4.78, 5) is 86.2. The molecule has 1 fully saturated rings. The zero-order valence-electron chi connectivity index (χ0n) is 21.4. The quantitative estimate of drug-likeness (QED) is 0.136. The highest BCUT2D eigenvalue weighted by molar-refractivity contribution is 6.06. The number of nitrogens with zero attached hydrogens (tertiary/aromatic N) is 2. The number of urea groups is 1. The maximum absolute atomic E-state index is 13.2. The average molecular weight is 529 g/mol. The number of unbranched alkanes of at least 4 members (excludes halogenated alkanes) is 1. The van der Waals surface area contributed by atoms with Gasteiger partial charge in [0, 0.05) is 19.4 Å². The first kappa shape index (κ1) is 31.1. The minimum Gasteiger partial charge on any atom is -0.480 e. The molecule has 15 nitrogen and oxygen atoms in total. The molecule has 0 aliphatic carbocycles. The summed E-state index contributed by atoms with van der Waals surface area (Å²) < 4.78 is 4.46. The van der Waals surface area contributed by atoms with Crippen molar-refractivity contribution in [3.05, 3.63) is 0 Å². The Kier molecular flexibility index (Phi) is 12.3. The summed E-state index contributed by atoms with van der Waals surface area (Å²) in [7, 11) is 1.22. The van der Waals surface area contributed by atoms with Gasteiger partial charge >= 0.3 is 18.1 Å². The van der Waals surface area contributed by atoms with Gasteiger partial charge in [0.25, 0.3) is 5.91 Å². The minimum absolute atomic E-state index is 0.185. The molecule has 37 heavy (non-hydrogen) atoms. The predicted molar refractivity (Wildman–Crippen MR) is 127 cm³/mol. The molecule has 1 rings (SSSR count). The van der Waals surface area contributed by atoms with Crippen LogP contribution in [-0.4, -0.2) is 88.6 Å². The van der Waals surface area contributed by atoms with E-state index in [2.05, 4.69) is 20.7 Å². The van der Waals surface area contributed by atoms with Crippen LogP contribution in [0.4, 0.5) is 9.59 Å². The second-order valence-electron chi connectivity index (χ2n) is 8.75. The molecule has 0 unspecified atom stereocenters. The van der Waals surface area contributed by atoms with Crippen molar-refractivity contribution in [3.8, 4) is 0 Å². The van der Waals surface area contributed by atoms with E-state index in [1.165, 1.54) is 14.0 Å². The number of methoxy groups -OCH3 is 1. The van der Waals surface area contributed by atoms with Crippen molar-refractivity contribution < 1.29 is 43.4 Å². The van der Waals surface area contributed by atoms with Crippen molar-refractivity contribution in [3.63, 3.8) is 0 Å². The number of carboxylic acids is 1. The van der Waals surface area contributed by atoms with Gasteiger partial charge in [-0.05, 0) is 31.6 Å². The Morgan fingerprint density at radius 2 is 1.84 bits per heavy atom. The Morgan fingerprint density at radius 3 is 2.35 bits per heavy atom. The van der Waals surface area contributed by atoms with Crippen molar-refractivity contribution in [1.29, 1.82) is 0 Å².